The second kappa shape index (κ2) is 9.04. The number of rotatable bonds is 4. The van der Waals surface area contributed by atoms with Gasteiger partial charge in [-0.25, -0.2) is 4.79 Å². The highest BCUT2D eigenvalue weighted by atomic mass is 19.4. The lowest BCUT2D eigenvalue weighted by atomic mass is 10.1. The van der Waals surface area contributed by atoms with Crippen molar-refractivity contribution >= 4 is 11.9 Å². The van der Waals surface area contributed by atoms with Crippen molar-refractivity contribution in [1.29, 1.82) is 0 Å². The van der Waals surface area contributed by atoms with Gasteiger partial charge in [0.2, 0.25) is 5.91 Å². The molecule has 0 saturated carbocycles. The number of carboxylic acids is 1. The highest BCUT2D eigenvalue weighted by Gasteiger charge is 2.38. The number of aliphatic carboxylic acids is 1. The SMILES string of the molecule is CC(C)NC(=O)[C@@H](N)Cc1ccccc1.O=C(O)C(F)(F)F. The molecule has 22 heavy (non-hydrogen) atoms. The number of nitrogens with one attached hydrogen (secondary N) is 1. The number of alkyl halides is 3. The average Bonchev–Trinajstić information content (AvgIpc) is 2.38. The summed E-state index contributed by atoms with van der Waals surface area (Å²) in [4.78, 5) is 20.4. The molecular formula is C14H19F3N2O3. The van der Waals surface area contributed by atoms with E-state index in [1.165, 1.54) is 0 Å². The normalized spacial score (nSPS) is 12.1. The molecule has 1 rings (SSSR count). The van der Waals surface area contributed by atoms with E-state index in [2.05, 4.69) is 5.32 Å². The highest BCUT2D eigenvalue weighted by Crippen LogP contribution is 2.13. The minimum Gasteiger partial charge on any atom is -0.475 e. The molecule has 0 aliphatic carbocycles. The van der Waals surface area contributed by atoms with E-state index in [4.69, 9.17) is 15.6 Å². The van der Waals surface area contributed by atoms with Crippen LogP contribution in [0.25, 0.3) is 0 Å². The summed E-state index contributed by atoms with van der Waals surface area (Å²) in [6.07, 6.45) is -4.50. The fourth-order valence-electron chi connectivity index (χ4n) is 1.35. The number of amides is 1. The third kappa shape index (κ3) is 8.96. The average molecular weight is 320 g/mol. The Morgan fingerprint density at radius 3 is 2.05 bits per heavy atom. The van der Waals surface area contributed by atoms with E-state index in [0.29, 0.717) is 6.42 Å². The third-order valence-electron chi connectivity index (χ3n) is 2.31. The van der Waals surface area contributed by atoms with Crippen molar-refractivity contribution in [1.82, 2.24) is 5.32 Å². The molecule has 0 saturated heterocycles. The number of carboxylic acid groups (broad SMARTS) is 1. The topological polar surface area (TPSA) is 92.4 Å². The summed E-state index contributed by atoms with van der Waals surface area (Å²) in [6.45, 7) is 3.85. The van der Waals surface area contributed by atoms with Gasteiger partial charge in [0.1, 0.15) is 0 Å². The molecule has 0 spiro atoms. The van der Waals surface area contributed by atoms with E-state index in [0.717, 1.165) is 5.56 Å². The van der Waals surface area contributed by atoms with Gasteiger partial charge in [0, 0.05) is 6.04 Å². The number of hydrogen-bond acceptors (Lipinski definition) is 3. The predicted octanol–water partition coefficient (Wildman–Crippen LogP) is 1.71. The molecule has 1 amide bonds. The Morgan fingerprint density at radius 1 is 1.23 bits per heavy atom. The van der Waals surface area contributed by atoms with Crippen LogP contribution in [0.4, 0.5) is 13.2 Å². The second-order valence-electron chi connectivity index (χ2n) is 4.76. The second-order valence-corrected chi connectivity index (χ2v) is 4.76. The quantitative estimate of drug-likeness (QED) is 0.787. The predicted molar refractivity (Wildman–Crippen MR) is 75.1 cm³/mol. The van der Waals surface area contributed by atoms with Crippen LogP contribution in [0.5, 0.6) is 0 Å². The molecular weight excluding hydrogens is 301 g/mol. The molecule has 0 bridgehead atoms. The van der Waals surface area contributed by atoms with Crippen LogP contribution in [0.1, 0.15) is 19.4 Å². The number of carbonyl (C=O) groups excluding carboxylic acids is 1. The van der Waals surface area contributed by atoms with E-state index < -0.39 is 18.2 Å². The van der Waals surface area contributed by atoms with Crippen LogP contribution in [0.2, 0.25) is 0 Å². The molecule has 1 aromatic rings. The van der Waals surface area contributed by atoms with Gasteiger partial charge in [0.25, 0.3) is 0 Å². The smallest absolute Gasteiger partial charge is 0.475 e. The Kier molecular flexibility index (Phi) is 8.18. The van der Waals surface area contributed by atoms with Gasteiger partial charge in [-0.2, -0.15) is 13.2 Å². The van der Waals surface area contributed by atoms with Crippen LogP contribution in [0.3, 0.4) is 0 Å². The molecule has 0 aliphatic heterocycles. The van der Waals surface area contributed by atoms with Crippen molar-refractivity contribution in [2.45, 2.75) is 38.5 Å². The van der Waals surface area contributed by atoms with Gasteiger partial charge in [0.05, 0.1) is 6.04 Å². The number of hydrogen-bond donors (Lipinski definition) is 3. The Labute approximate surface area is 126 Å². The maximum Gasteiger partial charge on any atom is 0.490 e. The van der Waals surface area contributed by atoms with Crippen LogP contribution in [-0.2, 0) is 16.0 Å². The summed E-state index contributed by atoms with van der Waals surface area (Å²) in [5.41, 5.74) is 6.87. The van der Waals surface area contributed by atoms with Gasteiger partial charge >= 0.3 is 12.1 Å². The number of carbonyl (C=O) groups is 2. The first-order chi connectivity index (χ1) is 10.0. The summed E-state index contributed by atoms with van der Waals surface area (Å²) in [7, 11) is 0. The molecule has 0 heterocycles. The van der Waals surface area contributed by atoms with Crippen LogP contribution in [-0.4, -0.2) is 35.2 Å². The first kappa shape index (κ1) is 19.9. The standard InChI is InChI=1S/C12H18N2O.C2HF3O2/c1-9(2)14-12(15)11(13)8-10-6-4-3-5-7-10;3-2(4,5)1(6)7/h3-7,9,11H,8,13H2,1-2H3,(H,14,15);(H,6,7)/t11-;/m0./s1. The molecule has 0 aromatic heterocycles. The minimum absolute atomic E-state index is 0.0890. The van der Waals surface area contributed by atoms with E-state index in [1.807, 2.05) is 44.2 Å². The van der Waals surface area contributed by atoms with Crippen molar-refractivity contribution < 1.29 is 27.9 Å². The van der Waals surface area contributed by atoms with Gasteiger partial charge in [-0.15, -0.1) is 0 Å². The molecule has 0 radical (unpaired) electrons. The zero-order valence-corrected chi connectivity index (χ0v) is 12.2. The van der Waals surface area contributed by atoms with Crippen LogP contribution >= 0.6 is 0 Å². The van der Waals surface area contributed by atoms with Crippen LogP contribution in [0, 0.1) is 0 Å². The van der Waals surface area contributed by atoms with Gasteiger partial charge < -0.3 is 16.2 Å². The highest BCUT2D eigenvalue weighted by molar-refractivity contribution is 5.82. The van der Waals surface area contributed by atoms with E-state index >= 15 is 0 Å². The maximum atomic E-state index is 11.5. The lowest BCUT2D eigenvalue weighted by Gasteiger charge is -2.14. The Morgan fingerprint density at radius 2 is 1.68 bits per heavy atom. The van der Waals surface area contributed by atoms with Gasteiger partial charge in [-0.1, -0.05) is 30.3 Å². The number of halogens is 3. The summed E-state index contributed by atoms with van der Waals surface area (Å²) in [6, 6.07) is 9.47. The lowest BCUT2D eigenvalue weighted by Crippen LogP contribution is -2.44. The summed E-state index contributed by atoms with van der Waals surface area (Å²) < 4.78 is 31.7. The van der Waals surface area contributed by atoms with Crippen LogP contribution in [0.15, 0.2) is 30.3 Å². The molecule has 1 atom stereocenters. The monoisotopic (exact) mass is 320 g/mol. The van der Waals surface area contributed by atoms with Crippen LogP contribution < -0.4 is 11.1 Å². The Bertz CT molecular complexity index is 476. The van der Waals surface area contributed by atoms with Crippen molar-refractivity contribution in [3.8, 4) is 0 Å². The zero-order chi connectivity index (χ0) is 17.3. The fourth-order valence-corrected chi connectivity index (χ4v) is 1.35. The molecule has 5 nitrogen and oxygen atoms in total. The molecule has 1 aromatic carbocycles. The summed E-state index contributed by atoms with van der Waals surface area (Å²) in [5.74, 6) is -2.85. The summed E-state index contributed by atoms with van der Waals surface area (Å²) in [5, 5.41) is 9.92. The lowest BCUT2D eigenvalue weighted by molar-refractivity contribution is -0.192. The Balaban J connectivity index is 0.000000534. The number of benzene rings is 1. The molecule has 0 aliphatic rings. The van der Waals surface area contributed by atoms with E-state index in [1.54, 1.807) is 0 Å². The molecule has 0 fully saturated rings. The zero-order valence-electron chi connectivity index (χ0n) is 12.2. The van der Waals surface area contributed by atoms with Crippen molar-refractivity contribution in [2.24, 2.45) is 5.73 Å². The van der Waals surface area contributed by atoms with E-state index in [-0.39, 0.29) is 11.9 Å². The Hall–Kier alpha value is -2.09. The molecule has 124 valence electrons. The van der Waals surface area contributed by atoms with Crippen molar-refractivity contribution in [3.05, 3.63) is 35.9 Å². The maximum absolute atomic E-state index is 11.5. The van der Waals surface area contributed by atoms with Gasteiger partial charge in [0.15, 0.2) is 0 Å². The van der Waals surface area contributed by atoms with E-state index in [9.17, 15) is 18.0 Å². The van der Waals surface area contributed by atoms with Crippen molar-refractivity contribution in [2.75, 3.05) is 0 Å². The van der Waals surface area contributed by atoms with Gasteiger partial charge in [-0.05, 0) is 25.8 Å². The third-order valence-corrected chi connectivity index (χ3v) is 2.31. The summed E-state index contributed by atoms with van der Waals surface area (Å²) >= 11 is 0. The molecule has 4 N–H and O–H groups in total. The molecule has 8 heteroatoms. The minimum atomic E-state index is -5.08. The first-order valence-electron chi connectivity index (χ1n) is 6.44. The largest absolute Gasteiger partial charge is 0.490 e. The van der Waals surface area contributed by atoms with Gasteiger partial charge in [-0.3, -0.25) is 4.79 Å². The fraction of sp³-hybridized carbons (Fsp3) is 0.429. The molecule has 0 unspecified atom stereocenters. The van der Waals surface area contributed by atoms with Crippen molar-refractivity contribution in [3.63, 3.8) is 0 Å². The number of nitrogens with two attached hydrogens (primary N) is 1. The first-order valence-corrected chi connectivity index (χ1v) is 6.44.